The van der Waals surface area contributed by atoms with E-state index in [9.17, 15) is 46.0 Å². The van der Waals surface area contributed by atoms with Crippen molar-refractivity contribution in [3.8, 4) is 57.5 Å². The molecule has 0 radical (unpaired) electrons. The highest BCUT2D eigenvalue weighted by atomic mass is 16.7. The molecule has 4 aromatic carbocycles. The number of fused-ring (bicyclic) bond motifs is 8. The van der Waals surface area contributed by atoms with Gasteiger partial charge in [0.15, 0.2) is 23.0 Å². The molecule has 3 heterocycles. The van der Waals surface area contributed by atoms with E-state index in [1.807, 2.05) is 0 Å². The first-order chi connectivity index (χ1) is 20.0. The van der Waals surface area contributed by atoms with Crippen molar-refractivity contribution in [3.05, 3.63) is 82.4 Å². The van der Waals surface area contributed by atoms with Crippen LogP contribution in [0.1, 0.15) is 39.8 Å². The zero-order valence-corrected chi connectivity index (χ0v) is 21.5. The molecule has 0 saturated heterocycles. The molecule has 0 amide bonds. The molecule has 0 fully saturated rings. The molecule has 2 bridgehead atoms. The number of hydrogen-bond acceptors (Lipinski definition) is 12. The lowest BCUT2D eigenvalue weighted by Crippen LogP contribution is -2.57. The normalized spacial score (nSPS) is 25.2. The average Bonchev–Trinajstić information content (AvgIpc) is 2.92. The maximum Gasteiger partial charge on any atom is 0.305 e. The molecule has 0 aliphatic carbocycles. The molecule has 42 heavy (non-hydrogen) atoms. The number of aliphatic hydroxyl groups is 2. The van der Waals surface area contributed by atoms with Gasteiger partial charge in [0.1, 0.15) is 46.7 Å². The molecule has 12 heteroatoms. The predicted molar refractivity (Wildman–Crippen MR) is 141 cm³/mol. The summed E-state index contributed by atoms with van der Waals surface area (Å²) in [4.78, 5) is 0. The smallest absolute Gasteiger partial charge is 0.305 e. The first-order valence-corrected chi connectivity index (χ1v) is 12.9. The number of rotatable bonds is 2. The molecule has 0 unspecified atom stereocenters. The summed E-state index contributed by atoms with van der Waals surface area (Å²) in [5, 5.41) is 95.1. The largest absolute Gasteiger partial charge is 0.508 e. The van der Waals surface area contributed by atoms with Crippen molar-refractivity contribution in [1.82, 2.24) is 0 Å². The molecule has 0 aromatic heterocycles. The van der Waals surface area contributed by atoms with Crippen LogP contribution in [0.5, 0.6) is 57.5 Å². The highest BCUT2D eigenvalue weighted by molar-refractivity contribution is 5.68. The van der Waals surface area contributed by atoms with Gasteiger partial charge in [-0.05, 0) is 35.9 Å². The van der Waals surface area contributed by atoms with Crippen LogP contribution in [0.3, 0.4) is 0 Å². The zero-order chi connectivity index (χ0) is 29.7. The summed E-state index contributed by atoms with van der Waals surface area (Å²) in [6, 6.07) is 11.1. The number of hydrogen-bond donors (Lipinski definition) is 9. The number of benzene rings is 4. The minimum absolute atomic E-state index is 0.0177. The summed E-state index contributed by atoms with van der Waals surface area (Å²) in [6.07, 6.45) is -4.00. The first-order valence-electron chi connectivity index (χ1n) is 12.9. The standard InChI is InChI=1S/C30H24O12/c31-13-7-20(37)24-22(8-13)41-30(12-2-4-16(33)19(36)6-12)29(39)26(24)25-23(42-30)10-17(34)14-9-21(38)27(40-28(14)25)11-1-3-15(32)18(35)5-11/h1-8,10,21,26-27,29,31-39H,9H2/t21-,26+,27-,29-,30-/m1/s1. The van der Waals surface area contributed by atoms with E-state index < -0.39 is 53.0 Å². The van der Waals surface area contributed by atoms with Crippen LogP contribution in [0.4, 0.5) is 0 Å². The van der Waals surface area contributed by atoms with E-state index in [2.05, 4.69) is 0 Å². The van der Waals surface area contributed by atoms with E-state index in [0.29, 0.717) is 5.56 Å². The molecule has 4 aromatic rings. The number of phenolic OH excluding ortho intramolecular Hbond substituents is 7. The van der Waals surface area contributed by atoms with Gasteiger partial charge in [0.05, 0.1) is 12.0 Å². The second-order valence-electron chi connectivity index (χ2n) is 10.5. The number of phenols is 7. The lowest BCUT2D eigenvalue weighted by atomic mass is 9.74. The Bertz CT molecular complexity index is 1790. The predicted octanol–water partition coefficient (Wildman–Crippen LogP) is 2.79. The van der Waals surface area contributed by atoms with E-state index in [4.69, 9.17) is 14.2 Å². The van der Waals surface area contributed by atoms with Crippen LogP contribution in [-0.4, -0.2) is 58.2 Å². The minimum atomic E-state index is -2.09. The monoisotopic (exact) mass is 576 g/mol. The average molecular weight is 577 g/mol. The third kappa shape index (κ3) is 3.49. The van der Waals surface area contributed by atoms with E-state index in [1.165, 1.54) is 42.5 Å². The highest BCUT2D eigenvalue weighted by Crippen LogP contribution is 2.62. The van der Waals surface area contributed by atoms with Gasteiger partial charge >= 0.3 is 5.79 Å². The van der Waals surface area contributed by atoms with Crippen LogP contribution in [-0.2, 0) is 12.2 Å². The fourth-order valence-corrected chi connectivity index (χ4v) is 6.09. The quantitative estimate of drug-likeness (QED) is 0.158. The fraction of sp³-hybridized carbons (Fsp3) is 0.200. The Kier molecular flexibility index (Phi) is 5.30. The second-order valence-corrected chi connectivity index (χ2v) is 10.5. The Morgan fingerprint density at radius 2 is 1.31 bits per heavy atom. The molecule has 12 nitrogen and oxygen atoms in total. The van der Waals surface area contributed by atoms with Gasteiger partial charge in [-0.1, -0.05) is 6.07 Å². The van der Waals surface area contributed by atoms with E-state index >= 15 is 0 Å². The van der Waals surface area contributed by atoms with Gasteiger partial charge in [0.2, 0.25) is 0 Å². The van der Waals surface area contributed by atoms with Gasteiger partial charge < -0.3 is 60.2 Å². The van der Waals surface area contributed by atoms with Gasteiger partial charge in [-0.2, -0.15) is 0 Å². The van der Waals surface area contributed by atoms with E-state index in [1.54, 1.807) is 0 Å². The molecule has 3 aliphatic rings. The highest BCUT2D eigenvalue weighted by Gasteiger charge is 2.60. The SMILES string of the molecule is Oc1cc(O)c2c(c1)O[C@]1(c3ccc(O)c(O)c3)Oc3cc(O)c4c(c3[C@H]2[C@H]1O)O[C@H](c1ccc(O)c(O)c1)[C@H](O)C4. The van der Waals surface area contributed by atoms with Gasteiger partial charge in [-0.15, -0.1) is 0 Å². The van der Waals surface area contributed by atoms with Gasteiger partial charge in [-0.25, -0.2) is 0 Å². The lowest BCUT2D eigenvalue weighted by molar-refractivity contribution is -0.219. The van der Waals surface area contributed by atoms with Crippen LogP contribution in [0, 0.1) is 0 Å². The van der Waals surface area contributed by atoms with Crippen molar-refractivity contribution in [1.29, 1.82) is 0 Å². The fourth-order valence-electron chi connectivity index (χ4n) is 6.09. The third-order valence-electron chi connectivity index (χ3n) is 8.03. The molecule has 216 valence electrons. The van der Waals surface area contributed by atoms with Crippen molar-refractivity contribution in [2.45, 2.75) is 36.4 Å². The van der Waals surface area contributed by atoms with Crippen LogP contribution < -0.4 is 14.2 Å². The summed E-state index contributed by atoms with van der Waals surface area (Å²) in [6.45, 7) is 0. The van der Waals surface area contributed by atoms with Crippen LogP contribution >= 0.6 is 0 Å². The molecule has 5 atom stereocenters. The summed E-state index contributed by atoms with van der Waals surface area (Å²) in [7, 11) is 0. The summed E-state index contributed by atoms with van der Waals surface area (Å²) < 4.78 is 18.6. The van der Waals surface area contributed by atoms with Crippen LogP contribution in [0.15, 0.2) is 54.6 Å². The first kappa shape index (κ1) is 25.7. The Morgan fingerprint density at radius 1 is 0.643 bits per heavy atom. The topological polar surface area (TPSA) is 210 Å². The van der Waals surface area contributed by atoms with Crippen molar-refractivity contribution < 1.29 is 60.2 Å². The molecule has 7 rings (SSSR count). The van der Waals surface area contributed by atoms with Crippen LogP contribution in [0.2, 0.25) is 0 Å². The molecule has 9 N–H and O–H groups in total. The molecule has 0 spiro atoms. The van der Waals surface area contributed by atoms with E-state index in [-0.39, 0.29) is 63.2 Å². The second kappa shape index (κ2) is 8.65. The van der Waals surface area contributed by atoms with Crippen molar-refractivity contribution in [3.63, 3.8) is 0 Å². The molecule has 3 aliphatic heterocycles. The number of aromatic hydroxyl groups is 7. The van der Waals surface area contributed by atoms with Gasteiger partial charge in [0.25, 0.3) is 0 Å². The number of ether oxygens (including phenoxy) is 3. The molecular formula is C30H24O12. The van der Waals surface area contributed by atoms with Crippen LogP contribution in [0.25, 0.3) is 0 Å². The van der Waals surface area contributed by atoms with Crippen molar-refractivity contribution in [2.75, 3.05) is 0 Å². The Hall–Kier alpha value is -5.20. The van der Waals surface area contributed by atoms with E-state index in [0.717, 1.165) is 12.1 Å². The maximum absolute atomic E-state index is 11.9. The minimum Gasteiger partial charge on any atom is -0.508 e. The number of aliphatic hydroxyl groups excluding tert-OH is 2. The van der Waals surface area contributed by atoms with Gasteiger partial charge in [-0.3, -0.25) is 0 Å². The zero-order valence-electron chi connectivity index (χ0n) is 21.5. The van der Waals surface area contributed by atoms with Crippen molar-refractivity contribution >= 4 is 0 Å². The summed E-state index contributed by atoms with van der Waals surface area (Å²) >= 11 is 0. The Labute approximate surface area is 236 Å². The summed E-state index contributed by atoms with van der Waals surface area (Å²) in [5.74, 6) is -6.11. The third-order valence-corrected chi connectivity index (χ3v) is 8.03. The van der Waals surface area contributed by atoms with Gasteiger partial charge in [0, 0.05) is 46.9 Å². The Balaban J connectivity index is 1.47. The maximum atomic E-state index is 11.9. The lowest BCUT2D eigenvalue weighted by Gasteiger charge is -2.50. The Morgan fingerprint density at radius 3 is 2.00 bits per heavy atom. The molecular weight excluding hydrogens is 552 g/mol. The molecule has 0 saturated carbocycles. The van der Waals surface area contributed by atoms with Crippen molar-refractivity contribution in [2.24, 2.45) is 0 Å². The summed E-state index contributed by atoms with van der Waals surface area (Å²) in [5.41, 5.74) is 0.842.